The molecule has 17 heavy (non-hydrogen) atoms. The maximum absolute atomic E-state index is 12.4. The predicted molar refractivity (Wildman–Crippen MR) is 51.7 cm³/mol. The lowest BCUT2D eigenvalue weighted by molar-refractivity contribution is -0.138. The van der Waals surface area contributed by atoms with Crippen LogP contribution in [0.1, 0.15) is 23.0 Å². The number of alkyl halides is 3. The van der Waals surface area contributed by atoms with Crippen LogP contribution in [0.5, 0.6) is 5.75 Å². The first kappa shape index (κ1) is 13.3. The monoisotopic (exact) mass is 249 g/mol. The molecule has 0 fully saturated rings. The Morgan fingerprint density at radius 3 is 2.59 bits per heavy atom. The van der Waals surface area contributed by atoms with Crippen LogP contribution in [0.2, 0.25) is 0 Å². The second-order valence-electron chi connectivity index (χ2n) is 2.99. The quantitative estimate of drug-likeness (QED) is 0.771. The van der Waals surface area contributed by atoms with Crippen LogP contribution >= 0.6 is 0 Å². The molecule has 0 radical (unpaired) electrons. The number of hydrogen-bond donors (Lipinski definition) is 0. The number of aromatic nitrogens is 1. The van der Waals surface area contributed by atoms with Gasteiger partial charge in [-0.1, -0.05) is 0 Å². The molecule has 1 heterocycles. The van der Waals surface area contributed by atoms with Crippen molar-refractivity contribution in [2.24, 2.45) is 0 Å². The first-order valence-corrected chi connectivity index (χ1v) is 4.68. The third-order valence-corrected chi connectivity index (χ3v) is 1.86. The van der Waals surface area contributed by atoms with Crippen molar-refractivity contribution >= 4 is 5.97 Å². The van der Waals surface area contributed by atoms with E-state index in [4.69, 9.17) is 4.74 Å². The van der Waals surface area contributed by atoms with E-state index in [1.807, 2.05) is 0 Å². The number of halogens is 3. The molecule has 1 aromatic rings. The highest BCUT2D eigenvalue weighted by molar-refractivity contribution is 5.90. The zero-order chi connectivity index (χ0) is 13.1. The third kappa shape index (κ3) is 3.08. The van der Waals surface area contributed by atoms with Crippen molar-refractivity contribution in [1.82, 2.24) is 4.98 Å². The van der Waals surface area contributed by atoms with Crippen LogP contribution in [0, 0.1) is 0 Å². The van der Waals surface area contributed by atoms with E-state index in [1.165, 1.54) is 0 Å². The van der Waals surface area contributed by atoms with Crippen molar-refractivity contribution in [1.29, 1.82) is 0 Å². The summed E-state index contributed by atoms with van der Waals surface area (Å²) in [4.78, 5) is 14.6. The number of ether oxygens (including phenoxy) is 2. The maximum atomic E-state index is 12.4. The fourth-order valence-corrected chi connectivity index (χ4v) is 1.12. The molecule has 0 spiro atoms. The Bertz CT molecular complexity index is 418. The first-order valence-electron chi connectivity index (χ1n) is 4.68. The Kier molecular flexibility index (Phi) is 3.93. The fraction of sp³-hybridized carbons (Fsp3) is 0.400. The number of rotatable bonds is 3. The smallest absolute Gasteiger partial charge is 0.418 e. The molecule has 0 aliphatic heterocycles. The van der Waals surface area contributed by atoms with Crippen LogP contribution in [-0.2, 0) is 10.9 Å². The molecule has 4 nitrogen and oxygen atoms in total. The highest BCUT2D eigenvalue weighted by Gasteiger charge is 2.32. The molecule has 0 saturated carbocycles. The molecule has 0 aromatic carbocycles. The van der Waals surface area contributed by atoms with E-state index in [2.05, 4.69) is 9.72 Å². The van der Waals surface area contributed by atoms with Gasteiger partial charge in [0.2, 0.25) is 0 Å². The second kappa shape index (κ2) is 5.03. The van der Waals surface area contributed by atoms with Crippen LogP contribution in [0.3, 0.4) is 0 Å². The van der Waals surface area contributed by atoms with E-state index >= 15 is 0 Å². The van der Waals surface area contributed by atoms with E-state index < -0.39 is 17.7 Å². The lowest BCUT2D eigenvalue weighted by Gasteiger charge is -2.11. The van der Waals surface area contributed by atoms with E-state index in [0.29, 0.717) is 6.20 Å². The van der Waals surface area contributed by atoms with E-state index in [1.54, 1.807) is 6.92 Å². The molecule has 0 N–H and O–H groups in total. The number of hydrogen-bond acceptors (Lipinski definition) is 4. The molecular weight excluding hydrogens is 239 g/mol. The molecule has 94 valence electrons. The summed E-state index contributed by atoms with van der Waals surface area (Å²) >= 11 is 0. The largest absolute Gasteiger partial charge is 0.491 e. The van der Waals surface area contributed by atoms with Crippen molar-refractivity contribution in [3.8, 4) is 5.75 Å². The second-order valence-corrected chi connectivity index (χ2v) is 2.99. The highest BCUT2D eigenvalue weighted by Crippen LogP contribution is 2.32. The standard InChI is InChI=1S/C10H10F3NO3/c1-3-17-7-4-6(10(11,12)13)5-14-8(7)9(15)16-2/h4-5H,3H2,1-2H3. The Balaban J connectivity index is 3.21. The molecular formula is C10H10F3NO3. The fourth-order valence-electron chi connectivity index (χ4n) is 1.12. The average molecular weight is 249 g/mol. The molecule has 0 bridgehead atoms. The summed E-state index contributed by atoms with van der Waals surface area (Å²) in [5.74, 6) is -1.09. The van der Waals surface area contributed by atoms with Gasteiger partial charge >= 0.3 is 12.1 Å². The van der Waals surface area contributed by atoms with Crippen molar-refractivity contribution in [3.05, 3.63) is 23.5 Å². The molecule has 7 heteroatoms. The zero-order valence-electron chi connectivity index (χ0n) is 9.17. The topological polar surface area (TPSA) is 48.4 Å². The molecule has 0 saturated heterocycles. The van der Waals surface area contributed by atoms with Crippen LogP contribution in [0.15, 0.2) is 12.3 Å². The number of carbonyl (C=O) groups excluding carboxylic acids is 1. The van der Waals surface area contributed by atoms with Crippen LogP contribution in [0.4, 0.5) is 13.2 Å². The summed E-state index contributed by atoms with van der Waals surface area (Å²) in [6.07, 6.45) is -3.97. The highest BCUT2D eigenvalue weighted by atomic mass is 19.4. The molecule has 0 aliphatic rings. The molecule has 0 atom stereocenters. The Hall–Kier alpha value is -1.79. The van der Waals surface area contributed by atoms with Gasteiger partial charge in [0.05, 0.1) is 19.3 Å². The molecule has 1 rings (SSSR count). The normalized spacial score (nSPS) is 11.1. The van der Waals surface area contributed by atoms with Gasteiger partial charge in [0.1, 0.15) is 0 Å². The lowest BCUT2D eigenvalue weighted by atomic mass is 10.2. The van der Waals surface area contributed by atoms with Crippen molar-refractivity contribution in [3.63, 3.8) is 0 Å². The van der Waals surface area contributed by atoms with Gasteiger partial charge < -0.3 is 9.47 Å². The Labute approximate surface area is 95.4 Å². The van der Waals surface area contributed by atoms with Gasteiger partial charge in [-0.2, -0.15) is 13.2 Å². The first-order chi connectivity index (χ1) is 7.90. The van der Waals surface area contributed by atoms with E-state index in [-0.39, 0.29) is 18.1 Å². The number of carbonyl (C=O) groups is 1. The van der Waals surface area contributed by atoms with E-state index in [0.717, 1.165) is 13.2 Å². The van der Waals surface area contributed by atoms with Gasteiger partial charge in [-0.15, -0.1) is 0 Å². The van der Waals surface area contributed by atoms with Gasteiger partial charge in [-0.3, -0.25) is 0 Å². The van der Waals surface area contributed by atoms with Crippen molar-refractivity contribution in [2.75, 3.05) is 13.7 Å². The minimum absolute atomic E-state index is 0.118. The lowest BCUT2D eigenvalue weighted by Crippen LogP contribution is -2.12. The molecule has 1 aromatic heterocycles. The van der Waals surface area contributed by atoms with Crippen LogP contribution in [-0.4, -0.2) is 24.7 Å². The third-order valence-electron chi connectivity index (χ3n) is 1.86. The summed E-state index contributed by atoms with van der Waals surface area (Å²) in [7, 11) is 1.11. The number of nitrogens with zero attached hydrogens (tertiary/aromatic N) is 1. The van der Waals surface area contributed by atoms with E-state index in [9.17, 15) is 18.0 Å². The van der Waals surface area contributed by atoms with Gasteiger partial charge in [-0.25, -0.2) is 9.78 Å². The minimum atomic E-state index is -4.53. The van der Waals surface area contributed by atoms with Crippen molar-refractivity contribution < 1.29 is 27.4 Å². The number of esters is 1. The minimum Gasteiger partial charge on any atom is -0.491 e. The zero-order valence-corrected chi connectivity index (χ0v) is 9.17. The van der Waals surface area contributed by atoms with Gasteiger partial charge in [0.25, 0.3) is 0 Å². The van der Waals surface area contributed by atoms with Gasteiger partial charge in [-0.05, 0) is 13.0 Å². The predicted octanol–water partition coefficient (Wildman–Crippen LogP) is 2.29. The average Bonchev–Trinajstić information content (AvgIpc) is 2.27. The summed E-state index contributed by atoms with van der Waals surface area (Å²) in [6, 6.07) is 0.725. The maximum Gasteiger partial charge on any atom is 0.418 e. The number of methoxy groups -OCH3 is 1. The summed E-state index contributed by atoms with van der Waals surface area (Å²) < 4.78 is 46.6. The van der Waals surface area contributed by atoms with Gasteiger partial charge in [0, 0.05) is 6.20 Å². The Morgan fingerprint density at radius 2 is 2.12 bits per heavy atom. The van der Waals surface area contributed by atoms with Crippen LogP contribution < -0.4 is 4.74 Å². The SMILES string of the molecule is CCOc1cc(C(F)(F)F)cnc1C(=O)OC. The molecule has 0 aliphatic carbocycles. The number of pyridine rings is 1. The summed E-state index contributed by atoms with van der Waals surface area (Å²) in [5, 5.41) is 0. The van der Waals surface area contributed by atoms with Crippen molar-refractivity contribution in [2.45, 2.75) is 13.1 Å². The summed E-state index contributed by atoms with van der Waals surface area (Å²) in [5.41, 5.74) is -1.25. The van der Waals surface area contributed by atoms with Gasteiger partial charge in [0.15, 0.2) is 11.4 Å². The molecule has 0 amide bonds. The molecule has 0 unspecified atom stereocenters. The van der Waals surface area contributed by atoms with Crippen LogP contribution in [0.25, 0.3) is 0 Å². The summed E-state index contributed by atoms with van der Waals surface area (Å²) in [6.45, 7) is 1.70. The Morgan fingerprint density at radius 1 is 1.47 bits per heavy atom.